The maximum absolute atomic E-state index is 12.8. The number of rotatable bonds is 8. The number of aryl methyl sites for hydroxylation is 1. The maximum atomic E-state index is 12.8. The fraction of sp³-hybridized carbons (Fsp3) is 0.786. The van der Waals surface area contributed by atoms with Crippen LogP contribution in [0.4, 0.5) is 0 Å². The van der Waals surface area contributed by atoms with Gasteiger partial charge in [-0.2, -0.15) is 5.10 Å². The SMILES string of the molecule is CCC(CC)(CC)NS(=O)(=O)c1c(C)nn(CCO)c1C. The van der Waals surface area contributed by atoms with E-state index in [2.05, 4.69) is 9.82 Å². The highest BCUT2D eigenvalue weighted by Gasteiger charge is 2.33. The Kier molecular flexibility index (Phi) is 5.95. The molecule has 0 unspecified atom stereocenters. The highest BCUT2D eigenvalue weighted by molar-refractivity contribution is 7.89. The summed E-state index contributed by atoms with van der Waals surface area (Å²) in [6.45, 7) is 9.59. The van der Waals surface area contributed by atoms with E-state index in [0.717, 1.165) is 19.3 Å². The average molecular weight is 317 g/mol. The van der Waals surface area contributed by atoms with Crippen LogP contribution in [-0.2, 0) is 16.6 Å². The minimum Gasteiger partial charge on any atom is -0.394 e. The number of nitrogens with zero attached hydrogens (tertiary/aromatic N) is 2. The van der Waals surface area contributed by atoms with Gasteiger partial charge in [0.1, 0.15) is 4.90 Å². The number of aliphatic hydroxyl groups excluding tert-OH is 1. The third kappa shape index (κ3) is 3.64. The van der Waals surface area contributed by atoms with Gasteiger partial charge >= 0.3 is 0 Å². The summed E-state index contributed by atoms with van der Waals surface area (Å²) >= 11 is 0. The lowest BCUT2D eigenvalue weighted by Gasteiger charge is -2.31. The van der Waals surface area contributed by atoms with Gasteiger partial charge in [0, 0.05) is 5.54 Å². The number of sulfonamides is 1. The summed E-state index contributed by atoms with van der Waals surface area (Å²) in [5.41, 5.74) is 0.605. The molecule has 21 heavy (non-hydrogen) atoms. The van der Waals surface area contributed by atoms with E-state index in [4.69, 9.17) is 5.11 Å². The van der Waals surface area contributed by atoms with Gasteiger partial charge in [-0.05, 0) is 33.1 Å². The molecule has 0 atom stereocenters. The third-order valence-electron chi connectivity index (χ3n) is 4.28. The van der Waals surface area contributed by atoms with Crippen molar-refractivity contribution in [2.24, 2.45) is 0 Å². The van der Waals surface area contributed by atoms with Crippen LogP contribution in [0.3, 0.4) is 0 Å². The molecule has 1 heterocycles. The lowest BCUT2D eigenvalue weighted by Crippen LogP contribution is -2.47. The molecule has 0 fully saturated rings. The molecule has 0 aliphatic carbocycles. The molecule has 1 aromatic heterocycles. The normalized spacial score (nSPS) is 12.9. The number of nitrogens with one attached hydrogen (secondary N) is 1. The van der Waals surface area contributed by atoms with Gasteiger partial charge in [0.05, 0.1) is 24.5 Å². The topological polar surface area (TPSA) is 84.2 Å². The van der Waals surface area contributed by atoms with Crippen LogP contribution in [0.1, 0.15) is 51.4 Å². The van der Waals surface area contributed by atoms with Gasteiger partial charge in [0.2, 0.25) is 10.0 Å². The number of aromatic nitrogens is 2. The van der Waals surface area contributed by atoms with Crippen LogP contribution >= 0.6 is 0 Å². The molecule has 0 spiro atoms. The Balaban J connectivity index is 3.26. The zero-order chi connectivity index (χ0) is 16.3. The minimum absolute atomic E-state index is 0.0717. The van der Waals surface area contributed by atoms with E-state index in [-0.39, 0.29) is 11.5 Å². The van der Waals surface area contributed by atoms with Crippen LogP contribution in [-0.4, -0.2) is 35.5 Å². The summed E-state index contributed by atoms with van der Waals surface area (Å²) in [5, 5.41) is 13.2. The first-order valence-corrected chi connectivity index (χ1v) is 8.94. The predicted molar refractivity (Wildman–Crippen MR) is 82.7 cm³/mol. The smallest absolute Gasteiger partial charge is 0.244 e. The molecular formula is C14H27N3O3S. The largest absolute Gasteiger partial charge is 0.394 e. The van der Waals surface area contributed by atoms with Crippen LogP contribution < -0.4 is 4.72 Å². The van der Waals surface area contributed by atoms with Gasteiger partial charge in [-0.25, -0.2) is 13.1 Å². The molecule has 0 saturated heterocycles. The molecule has 7 heteroatoms. The van der Waals surface area contributed by atoms with Crippen molar-refractivity contribution >= 4 is 10.0 Å². The second-order valence-corrected chi connectivity index (χ2v) is 7.01. The molecule has 6 nitrogen and oxygen atoms in total. The van der Waals surface area contributed by atoms with E-state index < -0.39 is 15.6 Å². The van der Waals surface area contributed by atoms with Crippen molar-refractivity contribution in [1.29, 1.82) is 0 Å². The van der Waals surface area contributed by atoms with Gasteiger partial charge in [0.15, 0.2) is 0 Å². The van der Waals surface area contributed by atoms with Gasteiger partial charge in [0.25, 0.3) is 0 Å². The summed E-state index contributed by atoms with van der Waals surface area (Å²) in [5.74, 6) is 0. The molecule has 0 amide bonds. The van der Waals surface area contributed by atoms with Crippen LogP contribution in [0, 0.1) is 13.8 Å². The van der Waals surface area contributed by atoms with Crippen LogP contribution in [0.25, 0.3) is 0 Å². The molecule has 0 bridgehead atoms. The average Bonchev–Trinajstić information content (AvgIpc) is 2.72. The van der Waals surface area contributed by atoms with E-state index in [1.807, 2.05) is 20.8 Å². The molecule has 0 saturated carbocycles. The second-order valence-electron chi connectivity index (χ2n) is 5.39. The zero-order valence-electron chi connectivity index (χ0n) is 13.6. The van der Waals surface area contributed by atoms with Crippen molar-refractivity contribution in [3.05, 3.63) is 11.4 Å². The Morgan fingerprint density at radius 3 is 2.14 bits per heavy atom. The molecular weight excluding hydrogens is 290 g/mol. The molecule has 122 valence electrons. The zero-order valence-corrected chi connectivity index (χ0v) is 14.4. The third-order valence-corrected chi connectivity index (χ3v) is 6.11. The fourth-order valence-electron chi connectivity index (χ4n) is 2.68. The molecule has 0 aromatic carbocycles. The fourth-order valence-corrected chi connectivity index (χ4v) is 4.71. The van der Waals surface area contributed by atoms with Crippen molar-refractivity contribution in [3.63, 3.8) is 0 Å². The van der Waals surface area contributed by atoms with Crippen LogP contribution in [0.2, 0.25) is 0 Å². The van der Waals surface area contributed by atoms with Crippen LogP contribution in [0.5, 0.6) is 0 Å². The lowest BCUT2D eigenvalue weighted by molar-refractivity contribution is 0.267. The summed E-state index contributed by atoms with van der Waals surface area (Å²) in [7, 11) is -3.63. The summed E-state index contributed by atoms with van der Waals surface area (Å²) in [6.07, 6.45) is 2.21. The Morgan fingerprint density at radius 1 is 1.19 bits per heavy atom. The molecule has 1 aromatic rings. The molecule has 1 rings (SSSR count). The van der Waals surface area contributed by atoms with E-state index in [1.54, 1.807) is 13.8 Å². The van der Waals surface area contributed by atoms with Crippen molar-refractivity contribution in [2.75, 3.05) is 6.61 Å². The van der Waals surface area contributed by atoms with Gasteiger partial charge in [-0.1, -0.05) is 20.8 Å². The van der Waals surface area contributed by atoms with Gasteiger partial charge in [-0.15, -0.1) is 0 Å². The highest BCUT2D eigenvalue weighted by Crippen LogP contribution is 2.26. The van der Waals surface area contributed by atoms with Gasteiger partial charge < -0.3 is 5.11 Å². The monoisotopic (exact) mass is 317 g/mol. The van der Waals surface area contributed by atoms with E-state index in [9.17, 15) is 8.42 Å². The molecule has 0 aliphatic rings. The first-order valence-electron chi connectivity index (χ1n) is 7.45. The Hall–Kier alpha value is -0.920. The Bertz CT molecular complexity index is 566. The van der Waals surface area contributed by atoms with E-state index in [1.165, 1.54) is 4.68 Å². The Morgan fingerprint density at radius 2 is 1.71 bits per heavy atom. The van der Waals surface area contributed by atoms with Crippen molar-refractivity contribution in [3.8, 4) is 0 Å². The maximum Gasteiger partial charge on any atom is 0.244 e. The number of hydrogen-bond donors (Lipinski definition) is 2. The second kappa shape index (κ2) is 6.89. The summed E-state index contributed by atoms with van der Waals surface area (Å²) in [4.78, 5) is 0.232. The first-order chi connectivity index (χ1) is 9.76. The van der Waals surface area contributed by atoms with Crippen molar-refractivity contribution < 1.29 is 13.5 Å². The molecule has 2 N–H and O–H groups in total. The van der Waals surface area contributed by atoms with Gasteiger partial charge in [-0.3, -0.25) is 4.68 Å². The lowest BCUT2D eigenvalue weighted by atomic mass is 9.91. The van der Waals surface area contributed by atoms with Crippen LogP contribution in [0.15, 0.2) is 4.90 Å². The van der Waals surface area contributed by atoms with E-state index in [0.29, 0.717) is 17.9 Å². The predicted octanol–water partition coefficient (Wildman–Crippen LogP) is 1.74. The minimum atomic E-state index is -3.63. The van der Waals surface area contributed by atoms with Crippen molar-refractivity contribution in [1.82, 2.24) is 14.5 Å². The number of aliphatic hydroxyl groups is 1. The molecule has 0 radical (unpaired) electrons. The standard InChI is InChI=1S/C14H27N3O3S/c1-6-14(7-2,8-3)16-21(19,20)13-11(4)15-17(9-10-18)12(13)5/h16,18H,6-10H2,1-5H3. The van der Waals surface area contributed by atoms with E-state index >= 15 is 0 Å². The number of hydrogen-bond acceptors (Lipinski definition) is 4. The molecule has 0 aliphatic heterocycles. The highest BCUT2D eigenvalue weighted by atomic mass is 32.2. The summed E-state index contributed by atoms with van der Waals surface area (Å²) in [6, 6.07) is 0. The van der Waals surface area contributed by atoms with Crippen molar-refractivity contribution in [2.45, 2.75) is 70.9 Å². The Labute approximate surface area is 127 Å². The summed E-state index contributed by atoms with van der Waals surface area (Å²) < 4.78 is 29.9. The first kappa shape index (κ1) is 18.1. The quantitative estimate of drug-likeness (QED) is 0.765.